The fourth-order valence-corrected chi connectivity index (χ4v) is 3.97. The second kappa shape index (κ2) is 8.11. The molecule has 1 aliphatic rings. The number of halogens is 1. The third-order valence-electron chi connectivity index (χ3n) is 4.54. The van der Waals surface area contributed by atoms with Gasteiger partial charge in [0, 0.05) is 30.6 Å². The van der Waals surface area contributed by atoms with Crippen molar-refractivity contribution < 1.29 is 4.79 Å². The second-order valence-corrected chi connectivity index (χ2v) is 7.05. The van der Waals surface area contributed by atoms with Gasteiger partial charge in [0.2, 0.25) is 0 Å². The Kier molecular flexibility index (Phi) is 5.85. The third-order valence-corrected chi connectivity index (χ3v) is 5.47. The van der Waals surface area contributed by atoms with Crippen molar-refractivity contribution in [2.75, 3.05) is 19.6 Å². The maximum absolute atomic E-state index is 12.2. The highest BCUT2D eigenvalue weighted by Gasteiger charge is 2.23. The molecule has 1 saturated heterocycles. The van der Waals surface area contributed by atoms with Crippen LogP contribution in [0, 0.1) is 6.92 Å². The monoisotopic (exact) mass is 392 g/mol. The molecule has 0 radical (unpaired) electrons. The lowest BCUT2D eigenvalue weighted by molar-refractivity contribution is 0.0955. The Labute approximate surface area is 161 Å². The molecular formula is C17H21ClN6OS. The Bertz CT molecular complexity index is 902. The number of thiazole rings is 1. The summed E-state index contributed by atoms with van der Waals surface area (Å²) in [4.78, 5) is 21.5. The van der Waals surface area contributed by atoms with Crippen LogP contribution in [-0.2, 0) is 6.54 Å². The lowest BCUT2D eigenvalue weighted by Crippen LogP contribution is -2.27. The molecule has 9 heteroatoms. The van der Waals surface area contributed by atoms with Crippen LogP contribution in [0.1, 0.15) is 33.4 Å². The van der Waals surface area contributed by atoms with Crippen LogP contribution < -0.4 is 10.6 Å². The highest BCUT2D eigenvalue weighted by Crippen LogP contribution is 2.27. The van der Waals surface area contributed by atoms with E-state index in [1.54, 1.807) is 11.7 Å². The smallest absolute Gasteiger partial charge is 0.263 e. The SMILES string of the molecule is Cc1ncsc1C(=O)NCCn1nc(C2CCNC2)c2cccnc21.Cl. The molecule has 0 aliphatic carbocycles. The Morgan fingerprint density at radius 2 is 2.35 bits per heavy atom. The van der Waals surface area contributed by atoms with E-state index in [4.69, 9.17) is 5.10 Å². The number of pyridine rings is 1. The van der Waals surface area contributed by atoms with E-state index in [9.17, 15) is 4.79 Å². The first-order valence-electron chi connectivity index (χ1n) is 8.44. The summed E-state index contributed by atoms with van der Waals surface area (Å²) < 4.78 is 1.91. The minimum Gasteiger partial charge on any atom is -0.349 e. The predicted octanol–water partition coefficient (Wildman–Crippen LogP) is 2.12. The summed E-state index contributed by atoms with van der Waals surface area (Å²) in [6.07, 6.45) is 2.89. The van der Waals surface area contributed by atoms with Crippen LogP contribution in [-0.4, -0.2) is 45.3 Å². The zero-order chi connectivity index (χ0) is 17.2. The molecule has 7 nitrogen and oxygen atoms in total. The van der Waals surface area contributed by atoms with Crippen molar-refractivity contribution in [2.24, 2.45) is 0 Å². The van der Waals surface area contributed by atoms with Crippen LogP contribution in [0.2, 0.25) is 0 Å². The molecule has 0 spiro atoms. The summed E-state index contributed by atoms with van der Waals surface area (Å²) >= 11 is 1.36. The summed E-state index contributed by atoms with van der Waals surface area (Å²) in [6.45, 7) is 4.94. The molecule has 1 aliphatic heterocycles. The second-order valence-electron chi connectivity index (χ2n) is 6.20. The number of nitrogens with one attached hydrogen (secondary N) is 2. The van der Waals surface area contributed by atoms with E-state index in [1.165, 1.54) is 11.3 Å². The average Bonchev–Trinajstić information content (AvgIpc) is 3.34. The Hall–Kier alpha value is -2.03. The number of carbonyl (C=O) groups excluding carboxylic acids is 1. The van der Waals surface area contributed by atoms with Crippen molar-refractivity contribution in [2.45, 2.75) is 25.8 Å². The van der Waals surface area contributed by atoms with Gasteiger partial charge >= 0.3 is 0 Å². The van der Waals surface area contributed by atoms with E-state index in [0.717, 1.165) is 41.9 Å². The van der Waals surface area contributed by atoms with Gasteiger partial charge in [-0.25, -0.2) is 14.6 Å². The fourth-order valence-electron chi connectivity index (χ4n) is 3.25. The number of hydrogen-bond donors (Lipinski definition) is 2. The molecule has 26 heavy (non-hydrogen) atoms. The number of nitrogens with zero attached hydrogens (tertiary/aromatic N) is 4. The van der Waals surface area contributed by atoms with Gasteiger partial charge in [0.15, 0.2) is 5.65 Å². The summed E-state index contributed by atoms with van der Waals surface area (Å²) in [6, 6.07) is 4.04. The van der Waals surface area contributed by atoms with Crippen molar-refractivity contribution in [3.63, 3.8) is 0 Å². The standard InChI is InChI=1S/C17H20N6OS.ClH/c1-11-15(25-10-21-11)17(24)20-7-8-23-16-13(3-2-5-19-16)14(22-23)12-4-6-18-9-12;/h2-3,5,10,12,18H,4,6-9H2,1H3,(H,20,24);1H. The highest BCUT2D eigenvalue weighted by atomic mass is 35.5. The van der Waals surface area contributed by atoms with E-state index in [1.807, 2.05) is 17.7 Å². The van der Waals surface area contributed by atoms with Gasteiger partial charge in [-0.15, -0.1) is 23.7 Å². The van der Waals surface area contributed by atoms with Crippen LogP contribution in [0.3, 0.4) is 0 Å². The first-order chi connectivity index (χ1) is 12.2. The molecule has 0 bridgehead atoms. The Morgan fingerprint density at radius 3 is 3.08 bits per heavy atom. The summed E-state index contributed by atoms with van der Waals surface area (Å²) in [7, 11) is 0. The zero-order valence-electron chi connectivity index (χ0n) is 14.4. The molecule has 1 atom stereocenters. The maximum atomic E-state index is 12.2. The lowest BCUT2D eigenvalue weighted by Gasteiger charge is -2.06. The van der Waals surface area contributed by atoms with E-state index < -0.39 is 0 Å². The first-order valence-corrected chi connectivity index (χ1v) is 9.32. The van der Waals surface area contributed by atoms with Gasteiger partial charge in [0.05, 0.1) is 23.4 Å². The highest BCUT2D eigenvalue weighted by molar-refractivity contribution is 7.11. The van der Waals surface area contributed by atoms with Gasteiger partial charge in [-0.05, 0) is 32.0 Å². The van der Waals surface area contributed by atoms with E-state index >= 15 is 0 Å². The molecule has 4 rings (SSSR count). The van der Waals surface area contributed by atoms with Crippen LogP contribution in [0.4, 0.5) is 0 Å². The normalized spacial score (nSPS) is 16.6. The molecule has 3 aromatic heterocycles. The number of rotatable bonds is 5. The number of carbonyl (C=O) groups is 1. The van der Waals surface area contributed by atoms with Crippen LogP contribution in [0.25, 0.3) is 11.0 Å². The number of hydrogen-bond acceptors (Lipinski definition) is 6. The van der Waals surface area contributed by atoms with Gasteiger partial charge in [-0.2, -0.15) is 5.10 Å². The van der Waals surface area contributed by atoms with Gasteiger partial charge in [-0.1, -0.05) is 0 Å². The molecule has 0 saturated carbocycles. The minimum atomic E-state index is -0.0790. The number of fused-ring (bicyclic) bond motifs is 1. The maximum Gasteiger partial charge on any atom is 0.263 e. The first kappa shape index (κ1) is 18.8. The number of amides is 1. The number of aryl methyl sites for hydroxylation is 1. The fraction of sp³-hybridized carbons (Fsp3) is 0.412. The topological polar surface area (TPSA) is 84.7 Å². The molecular weight excluding hydrogens is 372 g/mol. The third kappa shape index (κ3) is 3.58. The Balaban J connectivity index is 0.00000196. The zero-order valence-corrected chi connectivity index (χ0v) is 16.1. The van der Waals surface area contributed by atoms with Gasteiger partial charge in [0.1, 0.15) is 4.88 Å². The predicted molar refractivity (Wildman–Crippen MR) is 104 cm³/mol. The summed E-state index contributed by atoms with van der Waals surface area (Å²) in [5.41, 5.74) is 4.45. The van der Waals surface area contributed by atoms with E-state index in [-0.39, 0.29) is 18.3 Å². The quantitative estimate of drug-likeness (QED) is 0.694. The average molecular weight is 393 g/mol. The summed E-state index contributed by atoms with van der Waals surface area (Å²) in [5, 5.41) is 12.3. The molecule has 138 valence electrons. The van der Waals surface area contributed by atoms with Crippen LogP contribution in [0.15, 0.2) is 23.8 Å². The van der Waals surface area contributed by atoms with Gasteiger partial charge < -0.3 is 10.6 Å². The lowest BCUT2D eigenvalue weighted by atomic mass is 10.0. The molecule has 2 N–H and O–H groups in total. The van der Waals surface area contributed by atoms with Crippen molar-refractivity contribution in [3.8, 4) is 0 Å². The largest absolute Gasteiger partial charge is 0.349 e. The van der Waals surface area contributed by atoms with Crippen molar-refractivity contribution in [1.29, 1.82) is 0 Å². The minimum absolute atomic E-state index is 0. The molecule has 1 unspecified atom stereocenters. The summed E-state index contributed by atoms with van der Waals surface area (Å²) in [5.74, 6) is 0.354. The van der Waals surface area contributed by atoms with E-state index in [2.05, 4.69) is 26.7 Å². The van der Waals surface area contributed by atoms with Crippen molar-refractivity contribution >= 4 is 40.7 Å². The number of aromatic nitrogens is 4. The van der Waals surface area contributed by atoms with E-state index in [0.29, 0.717) is 23.9 Å². The molecule has 3 aromatic rings. The van der Waals surface area contributed by atoms with Crippen molar-refractivity contribution in [1.82, 2.24) is 30.4 Å². The molecule has 4 heterocycles. The van der Waals surface area contributed by atoms with Crippen LogP contribution in [0.5, 0.6) is 0 Å². The molecule has 1 amide bonds. The Morgan fingerprint density at radius 1 is 1.46 bits per heavy atom. The van der Waals surface area contributed by atoms with Gasteiger partial charge in [0.25, 0.3) is 5.91 Å². The van der Waals surface area contributed by atoms with Crippen LogP contribution >= 0.6 is 23.7 Å². The van der Waals surface area contributed by atoms with Crippen molar-refractivity contribution in [3.05, 3.63) is 40.1 Å². The van der Waals surface area contributed by atoms with Gasteiger partial charge in [-0.3, -0.25) is 4.79 Å². The molecule has 0 aromatic carbocycles. The molecule has 1 fully saturated rings.